The van der Waals surface area contributed by atoms with E-state index in [4.69, 9.17) is 4.52 Å². The Kier molecular flexibility index (Phi) is 7.24. The van der Waals surface area contributed by atoms with Crippen LogP contribution in [0.4, 0.5) is 0 Å². The first-order chi connectivity index (χ1) is 10.8. The quantitative estimate of drug-likeness (QED) is 0.516. The molecule has 0 aliphatic rings. The first kappa shape index (κ1) is 16.8. The highest BCUT2D eigenvalue weighted by Crippen LogP contribution is 2.24. The average Bonchev–Trinajstić information content (AvgIpc) is 2.59. The molecule has 0 aromatic heterocycles. The van der Waals surface area contributed by atoms with Crippen LogP contribution in [-0.4, -0.2) is 6.23 Å². The summed E-state index contributed by atoms with van der Waals surface area (Å²) in [4.78, 5) is 0. The third-order valence-electron chi connectivity index (χ3n) is 3.61. The SMILES string of the molecule is CCCCC(NC(c1ccccc1)c1ccccc1)OP=O. The topological polar surface area (TPSA) is 38.3 Å². The molecular weight excluding hydrogens is 293 g/mol. The van der Waals surface area contributed by atoms with Crippen molar-refractivity contribution >= 4 is 8.69 Å². The van der Waals surface area contributed by atoms with Crippen molar-refractivity contribution in [3.63, 3.8) is 0 Å². The first-order valence-corrected chi connectivity index (χ1v) is 8.42. The van der Waals surface area contributed by atoms with Crippen LogP contribution in [0.15, 0.2) is 60.7 Å². The van der Waals surface area contributed by atoms with Crippen molar-refractivity contribution in [1.82, 2.24) is 5.32 Å². The van der Waals surface area contributed by atoms with Gasteiger partial charge in [-0.15, -0.1) is 0 Å². The molecular formula is C18H22NO2P. The molecule has 2 aromatic rings. The molecule has 1 unspecified atom stereocenters. The lowest BCUT2D eigenvalue weighted by Crippen LogP contribution is -2.34. The molecule has 3 nitrogen and oxygen atoms in total. The highest BCUT2D eigenvalue weighted by molar-refractivity contribution is 7.17. The summed E-state index contributed by atoms with van der Waals surface area (Å²) in [6, 6.07) is 20.5. The molecule has 22 heavy (non-hydrogen) atoms. The Morgan fingerprint density at radius 3 is 2.00 bits per heavy atom. The number of benzene rings is 2. The number of hydrogen-bond acceptors (Lipinski definition) is 3. The van der Waals surface area contributed by atoms with E-state index in [0.717, 1.165) is 19.3 Å². The molecule has 0 saturated heterocycles. The van der Waals surface area contributed by atoms with Gasteiger partial charge in [0.25, 0.3) is 0 Å². The molecule has 0 saturated carbocycles. The second-order valence-corrected chi connectivity index (χ2v) is 5.59. The van der Waals surface area contributed by atoms with Gasteiger partial charge < -0.3 is 0 Å². The van der Waals surface area contributed by atoms with Gasteiger partial charge in [-0.1, -0.05) is 74.0 Å². The van der Waals surface area contributed by atoms with Gasteiger partial charge in [0.15, 0.2) is 0 Å². The summed E-state index contributed by atoms with van der Waals surface area (Å²) >= 11 is 0. The molecule has 1 N–H and O–H groups in total. The lowest BCUT2D eigenvalue weighted by atomic mass is 9.98. The van der Waals surface area contributed by atoms with Crippen molar-refractivity contribution in [3.05, 3.63) is 71.8 Å². The molecule has 2 aromatic carbocycles. The lowest BCUT2D eigenvalue weighted by molar-refractivity contribution is 0.158. The predicted octanol–water partition coefficient (Wildman–Crippen LogP) is 5.11. The zero-order valence-corrected chi connectivity index (χ0v) is 13.7. The first-order valence-electron chi connectivity index (χ1n) is 7.69. The van der Waals surface area contributed by atoms with E-state index in [2.05, 4.69) is 36.5 Å². The lowest BCUT2D eigenvalue weighted by Gasteiger charge is -2.25. The van der Waals surface area contributed by atoms with Crippen LogP contribution >= 0.6 is 8.69 Å². The van der Waals surface area contributed by atoms with Crippen LogP contribution in [0.5, 0.6) is 0 Å². The Bertz CT molecular complexity index is 508. The average molecular weight is 315 g/mol. The van der Waals surface area contributed by atoms with Gasteiger partial charge in [0.1, 0.15) is 6.23 Å². The summed E-state index contributed by atoms with van der Waals surface area (Å²) in [7, 11) is -0.284. The molecule has 0 aliphatic heterocycles. The van der Waals surface area contributed by atoms with Crippen molar-refractivity contribution in [2.24, 2.45) is 0 Å². The highest BCUT2D eigenvalue weighted by Gasteiger charge is 2.19. The van der Waals surface area contributed by atoms with Gasteiger partial charge in [0.05, 0.1) is 6.04 Å². The predicted molar refractivity (Wildman–Crippen MR) is 89.9 cm³/mol. The zero-order chi connectivity index (χ0) is 15.6. The van der Waals surface area contributed by atoms with E-state index < -0.39 is 0 Å². The van der Waals surface area contributed by atoms with Gasteiger partial charge in [0.2, 0.25) is 0 Å². The van der Waals surface area contributed by atoms with Gasteiger partial charge in [-0.3, -0.25) is 9.84 Å². The molecule has 2 rings (SSSR count). The molecule has 4 heteroatoms. The van der Waals surface area contributed by atoms with Crippen LogP contribution in [-0.2, 0) is 9.09 Å². The zero-order valence-electron chi connectivity index (χ0n) is 12.8. The van der Waals surface area contributed by atoms with E-state index in [0.29, 0.717) is 0 Å². The Morgan fingerprint density at radius 2 is 1.55 bits per heavy atom. The smallest absolute Gasteiger partial charge is 0.280 e. The van der Waals surface area contributed by atoms with Gasteiger partial charge in [-0.2, -0.15) is 0 Å². The third-order valence-corrected chi connectivity index (χ3v) is 3.95. The summed E-state index contributed by atoms with van der Waals surface area (Å²) in [5.41, 5.74) is 2.34. The Morgan fingerprint density at radius 1 is 1.00 bits per heavy atom. The van der Waals surface area contributed by atoms with Crippen molar-refractivity contribution in [2.45, 2.75) is 38.5 Å². The number of nitrogens with one attached hydrogen (secondary N) is 1. The number of rotatable bonds is 9. The summed E-state index contributed by atoms with van der Waals surface area (Å²) in [5, 5.41) is 3.49. The maximum absolute atomic E-state index is 10.9. The summed E-state index contributed by atoms with van der Waals surface area (Å²) in [6.45, 7) is 2.14. The molecule has 0 amide bonds. The maximum atomic E-state index is 10.9. The van der Waals surface area contributed by atoms with E-state index in [9.17, 15) is 4.57 Å². The van der Waals surface area contributed by atoms with Crippen LogP contribution in [0.25, 0.3) is 0 Å². The fourth-order valence-corrected chi connectivity index (χ4v) is 2.74. The van der Waals surface area contributed by atoms with Crippen LogP contribution in [0.2, 0.25) is 0 Å². The molecule has 0 aliphatic carbocycles. The van der Waals surface area contributed by atoms with Crippen LogP contribution in [0, 0.1) is 0 Å². The molecule has 0 fully saturated rings. The molecule has 1 atom stereocenters. The molecule has 0 heterocycles. The Hall–Kier alpha value is -1.54. The van der Waals surface area contributed by atoms with Crippen molar-refractivity contribution < 1.29 is 9.09 Å². The number of unbranched alkanes of at least 4 members (excludes halogenated alkanes) is 1. The fraction of sp³-hybridized carbons (Fsp3) is 0.333. The van der Waals surface area contributed by atoms with Gasteiger partial charge >= 0.3 is 8.69 Å². The van der Waals surface area contributed by atoms with E-state index >= 15 is 0 Å². The van der Waals surface area contributed by atoms with Crippen molar-refractivity contribution in [2.75, 3.05) is 0 Å². The van der Waals surface area contributed by atoms with Crippen LogP contribution < -0.4 is 5.32 Å². The van der Waals surface area contributed by atoms with E-state index in [-0.39, 0.29) is 21.0 Å². The summed E-state index contributed by atoms with van der Waals surface area (Å²) in [6.07, 6.45) is 2.72. The van der Waals surface area contributed by atoms with E-state index in [1.165, 1.54) is 11.1 Å². The monoisotopic (exact) mass is 315 g/mol. The summed E-state index contributed by atoms with van der Waals surface area (Å²) in [5.74, 6) is 0. The van der Waals surface area contributed by atoms with Gasteiger partial charge in [-0.05, 0) is 24.0 Å². The maximum Gasteiger partial charge on any atom is 0.328 e. The minimum Gasteiger partial charge on any atom is -0.280 e. The van der Waals surface area contributed by atoms with Crippen LogP contribution in [0.3, 0.4) is 0 Å². The normalized spacial score (nSPS) is 12.6. The Labute approximate surface area is 134 Å². The molecule has 0 radical (unpaired) electrons. The Balaban J connectivity index is 2.22. The molecule has 116 valence electrons. The minimum absolute atomic E-state index is 0.0195. The second-order valence-electron chi connectivity index (χ2n) is 5.23. The van der Waals surface area contributed by atoms with Crippen molar-refractivity contribution in [1.29, 1.82) is 0 Å². The van der Waals surface area contributed by atoms with E-state index in [1.54, 1.807) is 0 Å². The van der Waals surface area contributed by atoms with Gasteiger partial charge in [-0.25, -0.2) is 4.57 Å². The fourth-order valence-electron chi connectivity index (χ4n) is 2.47. The van der Waals surface area contributed by atoms with Gasteiger partial charge in [0, 0.05) is 0 Å². The molecule has 0 spiro atoms. The standard InChI is InChI=1S/C18H22NO2P/c1-2-3-14-17(21-22-20)19-18(15-10-6-4-7-11-15)16-12-8-5-9-13-16/h4-13,17-19H,2-3,14H2,1H3. The van der Waals surface area contributed by atoms with Crippen molar-refractivity contribution in [3.8, 4) is 0 Å². The largest absolute Gasteiger partial charge is 0.328 e. The second kappa shape index (κ2) is 9.47. The van der Waals surface area contributed by atoms with E-state index in [1.807, 2.05) is 36.4 Å². The molecule has 0 bridgehead atoms. The highest BCUT2D eigenvalue weighted by atomic mass is 31.1. The third kappa shape index (κ3) is 5.03. The summed E-state index contributed by atoms with van der Waals surface area (Å²) < 4.78 is 16.2. The minimum atomic E-state index is -0.284. The van der Waals surface area contributed by atoms with Crippen LogP contribution in [0.1, 0.15) is 43.4 Å². The number of hydrogen-bond donors (Lipinski definition) is 1.